The van der Waals surface area contributed by atoms with Crippen molar-refractivity contribution in [2.45, 2.75) is 32.2 Å². The molecule has 0 bridgehead atoms. The number of anilines is 2. The van der Waals surface area contributed by atoms with Crippen molar-refractivity contribution in [3.8, 4) is 23.6 Å². The van der Waals surface area contributed by atoms with Gasteiger partial charge in [-0.05, 0) is 23.6 Å². The van der Waals surface area contributed by atoms with E-state index in [2.05, 4.69) is 51.9 Å². The summed E-state index contributed by atoms with van der Waals surface area (Å²) in [6, 6.07) is 13.0. The summed E-state index contributed by atoms with van der Waals surface area (Å²) in [4.78, 5) is 38.7. The van der Waals surface area contributed by atoms with Gasteiger partial charge in [-0.2, -0.15) is 15.3 Å². The topological polar surface area (TPSA) is 147 Å². The van der Waals surface area contributed by atoms with Crippen LogP contribution < -0.4 is 21.5 Å². The Bertz CT molecular complexity index is 1990. The van der Waals surface area contributed by atoms with E-state index in [4.69, 9.17) is 10.8 Å². The van der Waals surface area contributed by atoms with Crippen molar-refractivity contribution in [3.63, 3.8) is 0 Å². The first kappa shape index (κ1) is 24.6. The molecule has 11 heteroatoms. The molecule has 208 valence electrons. The lowest BCUT2D eigenvalue weighted by molar-refractivity contribution is 0.0945. The number of para-hydroxylation sites is 1. The van der Waals surface area contributed by atoms with Crippen molar-refractivity contribution < 1.29 is 4.79 Å². The maximum Gasteiger partial charge on any atom is 0.283 e. The van der Waals surface area contributed by atoms with E-state index >= 15 is 0 Å². The second kappa shape index (κ2) is 8.43. The standard InChI is InChI=1S/C31H27N9O2/c1-31(2)15-38(26-22-20(35-30(33)36-26)10-12-34-28(22)41)25-21(18-8-9-19(18)23(25)31)27-37-39-13-11-16(14-32)24(39)29(42)40(27)17-6-4-3-5-7-17/h3-7,11,13,18-19,21,23,25H,10,12,15H2,1-2H3,(H,34,41)(H2,33,35,36)/t18?,19?,21-,23?,25?/m1/s1. The highest BCUT2D eigenvalue weighted by Crippen LogP contribution is 2.61. The molecular formula is C31H27N9O2. The van der Waals surface area contributed by atoms with Crippen LogP contribution in [0.4, 0.5) is 11.8 Å². The van der Waals surface area contributed by atoms with E-state index in [1.165, 1.54) is 4.52 Å². The summed E-state index contributed by atoms with van der Waals surface area (Å²) in [5.41, 5.74) is 7.99. The molecule has 1 aromatic carbocycles. The van der Waals surface area contributed by atoms with E-state index in [1.807, 2.05) is 30.3 Å². The second-order valence-corrected chi connectivity index (χ2v) is 12.2. The molecule has 3 aromatic heterocycles. The molecule has 1 amide bonds. The number of carbonyl (C=O) groups excluding carboxylic acids is 1. The fourth-order valence-electron chi connectivity index (χ4n) is 7.80. The molecule has 8 rings (SSSR count). The number of nitrogens with one attached hydrogen (secondary N) is 1. The number of hydrogen-bond donors (Lipinski definition) is 2. The monoisotopic (exact) mass is 557 g/mol. The molecule has 2 aliphatic carbocycles. The zero-order valence-corrected chi connectivity index (χ0v) is 23.1. The van der Waals surface area contributed by atoms with Gasteiger partial charge in [0, 0.05) is 49.5 Å². The van der Waals surface area contributed by atoms with Crippen molar-refractivity contribution in [1.82, 2.24) is 29.5 Å². The van der Waals surface area contributed by atoms with Crippen LogP contribution in [0.25, 0.3) is 11.2 Å². The average molecular weight is 558 g/mol. The van der Waals surface area contributed by atoms with E-state index in [-0.39, 0.29) is 63.6 Å². The largest absolute Gasteiger partial charge is 0.368 e. The summed E-state index contributed by atoms with van der Waals surface area (Å²) in [6.07, 6.45) is 2.23. The molecule has 5 atom stereocenters. The number of nitrogens with zero attached hydrogens (tertiary/aromatic N) is 7. The van der Waals surface area contributed by atoms with Crippen LogP contribution in [0, 0.1) is 46.3 Å². The van der Waals surface area contributed by atoms with Crippen molar-refractivity contribution in [2.24, 2.45) is 23.2 Å². The lowest BCUT2D eigenvalue weighted by atomic mass is 9.71. The summed E-state index contributed by atoms with van der Waals surface area (Å²) in [6.45, 7) is 5.58. The fraction of sp³-hybridized carbons (Fsp3) is 0.355. The Balaban J connectivity index is 1.39. The number of nitrogen functional groups attached to an aromatic ring is 1. The summed E-state index contributed by atoms with van der Waals surface area (Å²) in [5.74, 6) is 7.74. The van der Waals surface area contributed by atoms with Crippen LogP contribution in [-0.2, 0) is 6.42 Å². The predicted octanol–water partition coefficient (Wildman–Crippen LogP) is 1.89. The second-order valence-electron chi connectivity index (χ2n) is 12.2. The number of benzene rings is 1. The quantitative estimate of drug-likeness (QED) is 0.363. The molecule has 1 saturated carbocycles. The third-order valence-electron chi connectivity index (χ3n) is 9.43. The van der Waals surface area contributed by atoms with Gasteiger partial charge < -0.3 is 16.0 Å². The SMILES string of the molecule is CC1(C)CN(c2nc(N)nc3c2C(=O)NCC3)C2C1C1C#CC1[C@H]2c1nn2ccc(C#N)c2c(=O)n1-c1ccccc1. The highest BCUT2D eigenvalue weighted by Gasteiger charge is 2.65. The Kier molecular flexibility index (Phi) is 4.94. The van der Waals surface area contributed by atoms with Crippen LogP contribution in [-0.4, -0.2) is 49.2 Å². The molecule has 3 N–H and O–H groups in total. The number of nitrogens with two attached hydrogens (primary N) is 1. The van der Waals surface area contributed by atoms with E-state index < -0.39 is 0 Å². The molecule has 4 aliphatic rings. The van der Waals surface area contributed by atoms with Gasteiger partial charge in [-0.15, -0.1) is 0 Å². The number of nitriles is 1. The number of fused-ring (bicyclic) bond motifs is 5. The average Bonchev–Trinajstić information content (AvgIpc) is 3.56. The van der Waals surface area contributed by atoms with E-state index in [0.717, 1.165) is 0 Å². The third-order valence-corrected chi connectivity index (χ3v) is 9.43. The molecule has 0 radical (unpaired) electrons. The molecule has 4 unspecified atom stereocenters. The Labute approximate surface area is 241 Å². The van der Waals surface area contributed by atoms with Crippen LogP contribution in [0.1, 0.15) is 47.2 Å². The van der Waals surface area contributed by atoms with Crippen LogP contribution >= 0.6 is 0 Å². The number of aromatic nitrogens is 5. The van der Waals surface area contributed by atoms with Crippen molar-refractivity contribution in [3.05, 3.63) is 75.6 Å². The number of rotatable bonds is 3. The normalized spacial score (nSPS) is 26.4. The highest BCUT2D eigenvalue weighted by molar-refractivity contribution is 6.01. The fourth-order valence-corrected chi connectivity index (χ4v) is 7.80. The van der Waals surface area contributed by atoms with E-state index in [0.29, 0.717) is 48.1 Å². The smallest absolute Gasteiger partial charge is 0.283 e. The first-order valence-corrected chi connectivity index (χ1v) is 14.1. The lowest BCUT2D eigenvalue weighted by Crippen LogP contribution is -2.42. The summed E-state index contributed by atoms with van der Waals surface area (Å²) in [7, 11) is 0. The van der Waals surface area contributed by atoms with Gasteiger partial charge in [0.2, 0.25) is 5.95 Å². The van der Waals surface area contributed by atoms with Gasteiger partial charge in [-0.3, -0.25) is 14.2 Å². The summed E-state index contributed by atoms with van der Waals surface area (Å²) in [5, 5.41) is 17.7. The molecule has 4 aromatic rings. The molecule has 11 nitrogen and oxygen atoms in total. The van der Waals surface area contributed by atoms with Crippen molar-refractivity contribution in [1.29, 1.82) is 5.26 Å². The first-order valence-electron chi connectivity index (χ1n) is 14.1. The number of hydrogen-bond acceptors (Lipinski definition) is 8. The molecule has 1 saturated heterocycles. The van der Waals surface area contributed by atoms with Crippen molar-refractivity contribution in [2.75, 3.05) is 23.7 Å². The zero-order chi connectivity index (χ0) is 28.9. The third kappa shape index (κ3) is 3.19. The van der Waals surface area contributed by atoms with Crippen LogP contribution in [0.3, 0.4) is 0 Å². The molecule has 42 heavy (non-hydrogen) atoms. The Morgan fingerprint density at radius 2 is 1.90 bits per heavy atom. The van der Waals surface area contributed by atoms with Gasteiger partial charge >= 0.3 is 0 Å². The van der Waals surface area contributed by atoms with Gasteiger partial charge in [0.15, 0.2) is 0 Å². The minimum Gasteiger partial charge on any atom is -0.368 e. The van der Waals surface area contributed by atoms with Gasteiger partial charge in [0.1, 0.15) is 28.8 Å². The lowest BCUT2D eigenvalue weighted by Gasteiger charge is -2.35. The van der Waals surface area contributed by atoms with Crippen molar-refractivity contribution >= 4 is 23.2 Å². The Hall–Kier alpha value is -5.16. The molecule has 5 heterocycles. The maximum atomic E-state index is 14.2. The van der Waals surface area contributed by atoms with E-state index in [1.54, 1.807) is 16.8 Å². The van der Waals surface area contributed by atoms with Crippen LogP contribution in [0.5, 0.6) is 0 Å². The van der Waals surface area contributed by atoms with Gasteiger partial charge in [-0.25, -0.2) is 9.50 Å². The molecule has 0 spiro atoms. The van der Waals surface area contributed by atoms with Gasteiger partial charge in [-0.1, -0.05) is 43.9 Å². The Morgan fingerprint density at radius 1 is 1.12 bits per heavy atom. The highest BCUT2D eigenvalue weighted by atomic mass is 16.2. The maximum absolute atomic E-state index is 14.2. The molecule has 2 aliphatic heterocycles. The first-order chi connectivity index (χ1) is 20.3. The summed E-state index contributed by atoms with van der Waals surface area (Å²) >= 11 is 0. The number of carbonyl (C=O) groups is 1. The van der Waals surface area contributed by atoms with Gasteiger partial charge in [0.25, 0.3) is 11.5 Å². The Morgan fingerprint density at radius 3 is 2.64 bits per heavy atom. The van der Waals surface area contributed by atoms with Gasteiger partial charge in [0.05, 0.1) is 22.9 Å². The van der Waals surface area contributed by atoms with E-state index in [9.17, 15) is 14.9 Å². The minimum absolute atomic E-state index is 0.0452. The molecular weight excluding hydrogens is 530 g/mol. The van der Waals surface area contributed by atoms with Crippen LogP contribution in [0.2, 0.25) is 0 Å². The summed E-state index contributed by atoms with van der Waals surface area (Å²) < 4.78 is 3.16. The zero-order valence-electron chi connectivity index (χ0n) is 23.1. The van der Waals surface area contributed by atoms with Crippen LogP contribution in [0.15, 0.2) is 47.4 Å². The number of amides is 1. The molecule has 2 fully saturated rings. The predicted molar refractivity (Wildman–Crippen MR) is 154 cm³/mol. The minimum atomic E-state index is -0.313.